The second-order valence-electron chi connectivity index (χ2n) is 1.82. The van der Waals surface area contributed by atoms with Crippen LogP contribution in [0.3, 0.4) is 0 Å². The van der Waals surface area contributed by atoms with Gasteiger partial charge in [-0.3, -0.25) is 0 Å². The number of anilines is 1. The quantitative estimate of drug-likeness (QED) is 0.493. The molecule has 0 atom stereocenters. The van der Waals surface area contributed by atoms with Crippen molar-refractivity contribution in [1.29, 1.82) is 0 Å². The largest absolute Gasteiger partial charge is 0.376 e. The maximum absolute atomic E-state index is 5.68. The van der Waals surface area contributed by atoms with Crippen LogP contribution in [0.15, 0.2) is 24.3 Å². The van der Waals surface area contributed by atoms with Crippen molar-refractivity contribution in [3.05, 3.63) is 29.3 Å². The topological polar surface area (TPSA) is 12.0 Å². The van der Waals surface area contributed by atoms with Gasteiger partial charge in [-0.25, -0.2) is 0 Å². The first-order valence-electron chi connectivity index (χ1n) is 2.88. The number of hydrogen-bond donors (Lipinski definition) is 1. The van der Waals surface area contributed by atoms with Gasteiger partial charge in [0.1, 0.15) is 0 Å². The molecule has 1 N–H and O–H groups in total. The molecule has 1 rings (SSSR count). The minimum absolute atomic E-state index is 0.777. The smallest absolute Gasteiger partial charge is 0.0670 e. The van der Waals surface area contributed by atoms with Gasteiger partial charge < -0.3 is 5.32 Å². The van der Waals surface area contributed by atoms with Crippen LogP contribution in [-0.4, -0.2) is 4.55 Å². The highest BCUT2D eigenvalue weighted by Gasteiger charge is 1.87. The highest BCUT2D eigenvalue weighted by molar-refractivity contribution is 14.1. The lowest BCUT2D eigenvalue weighted by molar-refractivity contribution is 1.49. The molecule has 0 fully saturated rings. The van der Waals surface area contributed by atoms with Gasteiger partial charge in [0, 0.05) is 10.7 Å². The molecule has 0 saturated carbocycles. The Balaban J connectivity index is 2.69. The van der Waals surface area contributed by atoms with Crippen LogP contribution in [0, 0.1) is 0 Å². The van der Waals surface area contributed by atoms with Gasteiger partial charge in [-0.1, -0.05) is 34.2 Å². The van der Waals surface area contributed by atoms with Gasteiger partial charge in [-0.2, -0.15) is 0 Å². The maximum atomic E-state index is 5.68. The Morgan fingerprint density at radius 1 is 1.30 bits per heavy atom. The Morgan fingerprint density at radius 3 is 2.40 bits per heavy atom. The zero-order valence-electron chi connectivity index (χ0n) is 5.27. The molecule has 0 spiro atoms. The number of benzene rings is 1. The van der Waals surface area contributed by atoms with Crippen LogP contribution in [0.2, 0.25) is 5.02 Å². The van der Waals surface area contributed by atoms with Gasteiger partial charge in [-0.05, 0) is 24.3 Å². The highest BCUT2D eigenvalue weighted by atomic mass is 127. The fraction of sp³-hybridized carbons (Fsp3) is 0.143. The van der Waals surface area contributed by atoms with Crippen LogP contribution < -0.4 is 5.32 Å². The molecule has 0 unspecified atom stereocenters. The Bertz CT molecular complexity index is 197. The van der Waals surface area contributed by atoms with E-state index in [4.69, 9.17) is 11.6 Å². The van der Waals surface area contributed by atoms with Crippen molar-refractivity contribution in [2.75, 3.05) is 9.87 Å². The summed E-state index contributed by atoms with van der Waals surface area (Å²) in [6.07, 6.45) is 0. The molecule has 0 aliphatic rings. The van der Waals surface area contributed by atoms with Crippen LogP contribution >= 0.6 is 34.2 Å². The zero-order chi connectivity index (χ0) is 7.40. The lowest BCUT2D eigenvalue weighted by Gasteiger charge is -1.99. The van der Waals surface area contributed by atoms with E-state index in [1.807, 2.05) is 24.3 Å². The molecule has 0 aliphatic carbocycles. The number of halogens is 2. The molecule has 1 aromatic rings. The number of alkyl halides is 1. The van der Waals surface area contributed by atoms with Crippen molar-refractivity contribution in [1.82, 2.24) is 0 Å². The molecule has 3 heteroatoms. The second kappa shape index (κ2) is 4.03. The summed E-state index contributed by atoms with van der Waals surface area (Å²) in [5.41, 5.74) is 1.11. The fourth-order valence-electron chi connectivity index (χ4n) is 0.645. The molecular weight excluding hydrogens is 260 g/mol. The van der Waals surface area contributed by atoms with E-state index in [0.29, 0.717) is 0 Å². The monoisotopic (exact) mass is 267 g/mol. The van der Waals surface area contributed by atoms with E-state index in [0.717, 1.165) is 15.3 Å². The first-order valence-corrected chi connectivity index (χ1v) is 4.78. The summed E-state index contributed by atoms with van der Waals surface area (Å²) in [7, 11) is 0. The van der Waals surface area contributed by atoms with E-state index in [9.17, 15) is 0 Å². The fourth-order valence-corrected chi connectivity index (χ4v) is 1.21. The highest BCUT2D eigenvalue weighted by Crippen LogP contribution is 2.13. The number of hydrogen-bond acceptors (Lipinski definition) is 1. The van der Waals surface area contributed by atoms with Gasteiger partial charge in [-0.15, -0.1) is 0 Å². The van der Waals surface area contributed by atoms with Crippen LogP contribution in [-0.2, 0) is 0 Å². The first kappa shape index (κ1) is 8.14. The van der Waals surface area contributed by atoms with Crippen molar-refractivity contribution in [2.45, 2.75) is 0 Å². The summed E-state index contributed by atoms with van der Waals surface area (Å²) in [5.74, 6) is 0. The van der Waals surface area contributed by atoms with E-state index < -0.39 is 0 Å². The standard InChI is InChI=1S/C7H7ClIN/c8-6-1-3-7(4-2-6)10-5-9/h1-4,10H,5H2. The van der Waals surface area contributed by atoms with E-state index in [1.54, 1.807) is 0 Å². The summed E-state index contributed by atoms with van der Waals surface area (Å²) >= 11 is 7.94. The van der Waals surface area contributed by atoms with Gasteiger partial charge in [0.2, 0.25) is 0 Å². The predicted octanol–water partition coefficient (Wildman–Crippen LogP) is 3.14. The summed E-state index contributed by atoms with van der Waals surface area (Å²) in [5, 5.41) is 3.94. The Kier molecular flexibility index (Phi) is 3.28. The average molecular weight is 267 g/mol. The van der Waals surface area contributed by atoms with Gasteiger partial charge >= 0.3 is 0 Å². The van der Waals surface area contributed by atoms with Crippen LogP contribution in [0.1, 0.15) is 0 Å². The molecule has 0 saturated heterocycles. The second-order valence-corrected chi connectivity index (χ2v) is 3.02. The molecule has 10 heavy (non-hydrogen) atoms. The Morgan fingerprint density at radius 2 is 1.90 bits per heavy atom. The third kappa shape index (κ3) is 2.34. The molecule has 1 aromatic carbocycles. The molecule has 0 heterocycles. The van der Waals surface area contributed by atoms with E-state index in [2.05, 4.69) is 27.9 Å². The van der Waals surface area contributed by atoms with Crippen molar-refractivity contribution < 1.29 is 0 Å². The molecule has 1 nitrogen and oxygen atoms in total. The van der Waals surface area contributed by atoms with E-state index >= 15 is 0 Å². The minimum atomic E-state index is 0.777. The molecule has 0 radical (unpaired) electrons. The first-order chi connectivity index (χ1) is 4.83. The summed E-state index contributed by atoms with van der Waals surface area (Å²) < 4.78 is 0.916. The van der Waals surface area contributed by atoms with Gasteiger partial charge in [0.15, 0.2) is 0 Å². The molecule has 0 bridgehead atoms. The maximum Gasteiger partial charge on any atom is 0.0670 e. The van der Waals surface area contributed by atoms with Crippen molar-refractivity contribution in [3.63, 3.8) is 0 Å². The van der Waals surface area contributed by atoms with Gasteiger partial charge in [0.25, 0.3) is 0 Å². The van der Waals surface area contributed by atoms with Crippen molar-refractivity contribution in [3.8, 4) is 0 Å². The summed E-state index contributed by atoms with van der Waals surface area (Å²) in [6, 6.07) is 7.66. The van der Waals surface area contributed by atoms with Crippen molar-refractivity contribution in [2.24, 2.45) is 0 Å². The third-order valence-corrected chi connectivity index (χ3v) is 1.75. The van der Waals surface area contributed by atoms with Crippen LogP contribution in [0.4, 0.5) is 5.69 Å². The van der Waals surface area contributed by atoms with Crippen molar-refractivity contribution >= 4 is 39.9 Å². The van der Waals surface area contributed by atoms with Crippen LogP contribution in [0.5, 0.6) is 0 Å². The SMILES string of the molecule is Clc1ccc(NCI)cc1. The minimum Gasteiger partial charge on any atom is -0.376 e. The lowest BCUT2D eigenvalue weighted by atomic mass is 10.3. The third-order valence-electron chi connectivity index (χ3n) is 1.12. The predicted molar refractivity (Wildman–Crippen MR) is 54.0 cm³/mol. The lowest BCUT2D eigenvalue weighted by Crippen LogP contribution is -1.91. The zero-order valence-corrected chi connectivity index (χ0v) is 8.19. The molecule has 0 aliphatic heterocycles. The Hall–Kier alpha value is 0.0400. The number of rotatable bonds is 2. The molecule has 0 aromatic heterocycles. The van der Waals surface area contributed by atoms with Gasteiger partial charge in [0.05, 0.1) is 4.55 Å². The average Bonchev–Trinajstić information content (AvgIpc) is 1.95. The van der Waals surface area contributed by atoms with E-state index in [-0.39, 0.29) is 0 Å². The summed E-state index contributed by atoms with van der Waals surface area (Å²) in [4.78, 5) is 0. The molecular formula is C7H7ClIN. The Labute approximate surface area is 78.9 Å². The van der Waals surface area contributed by atoms with E-state index in [1.165, 1.54) is 0 Å². The number of nitrogens with one attached hydrogen (secondary N) is 1. The molecule has 54 valence electrons. The summed E-state index contributed by atoms with van der Waals surface area (Å²) in [6.45, 7) is 0. The molecule has 0 amide bonds. The van der Waals surface area contributed by atoms with Crippen LogP contribution in [0.25, 0.3) is 0 Å². The normalized spacial score (nSPS) is 9.40.